The second kappa shape index (κ2) is 5.19. The highest BCUT2D eigenvalue weighted by Gasteiger charge is 2.25. The Labute approximate surface area is 108 Å². The van der Waals surface area contributed by atoms with Crippen LogP contribution in [0.2, 0.25) is 0 Å². The van der Waals surface area contributed by atoms with Crippen LogP contribution in [0.4, 0.5) is 0 Å². The Morgan fingerprint density at radius 3 is 2.83 bits per heavy atom. The summed E-state index contributed by atoms with van der Waals surface area (Å²) in [6.45, 7) is 0.774. The number of benzene rings is 1. The maximum atomic E-state index is 5.85. The summed E-state index contributed by atoms with van der Waals surface area (Å²) in [4.78, 5) is 0. The minimum Gasteiger partial charge on any atom is -0.496 e. The molecule has 1 atom stereocenters. The first-order valence-electron chi connectivity index (χ1n) is 6.91. The van der Waals surface area contributed by atoms with Gasteiger partial charge in [-0.1, -0.05) is 18.9 Å². The van der Waals surface area contributed by atoms with E-state index in [1.165, 1.54) is 31.2 Å². The molecule has 1 aliphatic carbocycles. The zero-order chi connectivity index (χ0) is 12.4. The van der Waals surface area contributed by atoms with Crippen LogP contribution in [0.1, 0.15) is 31.2 Å². The summed E-state index contributed by atoms with van der Waals surface area (Å²) in [5, 5.41) is 3.73. The molecule has 3 rings (SSSR count). The number of ether oxygens (including phenoxy) is 2. The van der Waals surface area contributed by atoms with Gasteiger partial charge in [0, 0.05) is 17.6 Å². The average Bonchev–Trinajstić information content (AvgIpc) is 2.91. The van der Waals surface area contributed by atoms with Gasteiger partial charge >= 0.3 is 0 Å². The predicted octanol–water partition coefficient (Wildman–Crippen LogP) is 2.53. The van der Waals surface area contributed by atoms with E-state index in [1.54, 1.807) is 7.11 Å². The Kier molecular flexibility index (Phi) is 3.41. The van der Waals surface area contributed by atoms with Crippen LogP contribution in [0.25, 0.3) is 0 Å². The average molecular weight is 247 g/mol. The maximum absolute atomic E-state index is 5.85. The summed E-state index contributed by atoms with van der Waals surface area (Å²) >= 11 is 0. The van der Waals surface area contributed by atoms with Crippen molar-refractivity contribution in [3.8, 4) is 11.5 Å². The van der Waals surface area contributed by atoms with Gasteiger partial charge in [0.25, 0.3) is 0 Å². The first-order valence-corrected chi connectivity index (χ1v) is 6.91. The van der Waals surface area contributed by atoms with Crippen molar-refractivity contribution in [1.29, 1.82) is 0 Å². The van der Waals surface area contributed by atoms with E-state index in [1.807, 2.05) is 18.2 Å². The van der Waals surface area contributed by atoms with Gasteiger partial charge in [0.15, 0.2) is 0 Å². The molecule has 0 radical (unpaired) electrons. The van der Waals surface area contributed by atoms with E-state index in [9.17, 15) is 0 Å². The summed E-state index contributed by atoms with van der Waals surface area (Å²) < 4.78 is 11.3. The van der Waals surface area contributed by atoms with Gasteiger partial charge in [-0.15, -0.1) is 0 Å². The van der Waals surface area contributed by atoms with Crippen LogP contribution in [-0.2, 0) is 6.42 Å². The lowest BCUT2D eigenvalue weighted by Crippen LogP contribution is -2.44. The third-order valence-electron chi connectivity index (χ3n) is 4.03. The second-order valence-corrected chi connectivity index (χ2v) is 5.30. The summed E-state index contributed by atoms with van der Waals surface area (Å²) in [5.74, 6) is 1.93. The first kappa shape index (κ1) is 11.8. The topological polar surface area (TPSA) is 30.5 Å². The molecule has 98 valence electrons. The Hall–Kier alpha value is -1.22. The fraction of sp³-hybridized carbons (Fsp3) is 0.600. The molecule has 1 aliphatic heterocycles. The molecule has 1 fully saturated rings. The predicted molar refractivity (Wildman–Crippen MR) is 71.4 cm³/mol. The molecular formula is C15H21NO2. The Morgan fingerprint density at radius 1 is 1.22 bits per heavy atom. The molecular weight excluding hydrogens is 226 g/mol. The van der Waals surface area contributed by atoms with Crippen molar-refractivity contribution >= 4 is 0 Å². The zero-order valence-corrected chi connectivity index (χ0v) is 10.9. The smallest absolute Gasteiger partial charge is 0.126 e. The highest BCUT2D eigenvalue weighted by Crippen LogP contribution is 2.33. The molecule has 0 spiro atoms. The molecule has 0 aromatic heterocycles. The van der Waals surface area contributed by atoms with Crippen LogP contribution in [0, 0.1) is 0 Å². The van der Waals surface area contributed by atoms with E-state index in [-0.39, 0.29) is 0 Å². The summed E-state index contributed by atoms with van der Waals surface area (Å²) in [7, 11) is 1.73. The normalized spacial score (nSPS) is 23.5. The molecule has 3 nitrogen and oxygen atoms in total. The highest BCUT2D eigenvalue weighted by molar-refractivity contribution is 5.46. The third-order valence-corrected chi connectivity index (χ3v) is 4.03. The molecule has 0 saturated heterocycles. The van der Waals surface area contributed by atoms with Crippen LogP contribution in [0.5, 0.6) is 11.5 Å². The van der Waals surface area contributed by atoms with Crippen LogP contribution in [0.15, 0.2) is 18.2 Å². The summed E-state index contributed by atoms with van der Waals surface area (Å²) in [5.41, 5.74) is 1.21. The van der Waals surface area contributed by atoms with Gasteiger partial charge in [-0.3, -0.25) is 0 Å². The number of rotatable bonds is 3. The summed E-state index contributed by atoms with van der Waals surface area (Å²) in [6.07, 6.45) is 6.37. The third kappa shape index (κ3) is 2.32. The minimum absolute atomic E-state index is 0.428. The lowest BCUT2D eigenvalue weighted by atomic mass is 10.0. The van der Waals surface area contributed by atoms with Crippen LogP contribution in [-0.4, -0.2) is 25.8 Å². The first-order chi connectivity index (χ1) is 8.86. The molecule has 1 aromatic carbocycles. The van der Waals surface area contributed by atoms with Gasteiger partial charge in [-0.25, -0.2) is 0 Å². The molecule has 1 unspecified atom stereocenters. The fourth-order valence-electron chi connectivity index (χ4n) is 3.10. The quantitative estimate of drug-likeness (QED) is 0.890. The number of hydrogen-bond acceptors (Lipinski definition) is 3. The number of methoxy groups -OCH3 is 1. The van der Waals surface area contributed by atoms with Crippen molar-refractivity contribution in [2.24, 2.45) is 0 Å². The van der Waals surface area contributed by atoms with Gasteiger partial charge in [0.1, 0.15) is 18.1 Å². The Balaban J connectivity index is 1.71. The SMILES string of the molecule is COc1cccc2c1CC(NC1CCCC1)CO2. The van der Waals surface area contributed by atoms with Gasteiger partial charge < -0.3 is 14.8 Å². The van der Waals surface area contributed by atoms with Crippen LogP contribution >= 0.6 is 0 Å². The van der Waals surface area contributed by atoms with E-state index in [2.05, 4.69) is 5.32 Å². The van der Waals surface area contributed by atoms with Crippen LogP contribution < -0.4 is 14.8 Å². The zero-order valence-electron chi connectivity index (χ0n) is 10.9. The lowest BCUT2D eigenvalue weighted by molar-refractivity contribution is 0.223. The van der Waals surface area contributed by atoms with Crippen molar-refractivity contribution < 1.29 is 9.47 Å². The molecule has 18 heavy (non-hydrogen) atoms. The number of nitrogens with one attached hydrogen (secondary N) is 1. The monoisotopic (exact) mass is 247 g/mol. The minimum atomic E-state index is 0.428. The molecule has 2 aliphatic rings. The second-order valence-electron chi connectivity index (χ2n) is 5.30. The van der Waals surface area contributed by atoms with E-state index in [4.69, 9.17) is 9.47 Å². The number of fused-ring (bicyclic) bond motifs is 1. The van der Waals surface area contributed by atoms with Crippen molar-refractivity contribution in [3.05, 3.63) is 23.8 Å². The van der Waals surface area contributed by atoms with E-state index in [0.29, 0.717) is 12.1 Å². The van der Waals surface area contributed by atoms with Crippen molar-refractivity contribution in [1.82, 2.24) is 5.32 Å². The molecule has 1 heterocycles. The van der Waals surface area contributed by atoms with Gasteiger partial charge in [-0.05, 0) is 31.4 Å². The van der Waals surface area contributed by atoms with Gasteiger partial charge in [0.05, 0.1) is 7.11 Å². The largest absolute Gasteiger partial charge is 0.496 e. The van der Waals surface area contributed by atoms with Gasteiger partial charge in [0.2, 0.25) is 0 Å². The Morgan fingerprint density at radius 2 is 2.06 bits per heavy atom. The Bertz CT molecular complexity index is 399. The van der Waals surface area contributed by atoms with Gasteiger partial charge in [-0.2, -0.15) is 0 Å². The lowest BCUT2D eigenvalue weighted by Gasteiger charge is -2.29. The molecule has 0 amide bonds. The fourth-order valence-corrected chi connectivity index (χ4v) is 3.10. The molecule has 1 aromatic rings. The van der Waals surface area contributed by atoms with Crippen molar-refractivity contribution in [3.63, 3.8) is 0 Å². The standard InChI is InChI=1S/C15H21NO2/c1-17-14-7-4-8-15-13(14)9-12(10-18-15)16-11-5-2-3-6-11/h4,7-8,11-12,16H,2-3,5-6,9-10H2,1H3. The van der Waals surface area contributed by atoms with E-state index in [0.717, 1.165) is 24.5 Å². The molecule has 1 saturated carbocycles. The molecule has 0 bridgehead atoms. The number of hydrogen-bond donors (Lipinski definition) is 1. The maximum Gasteiger partial charge on any atom is 0.126 e. The molecule has 3 heteroatoms. The molecule has 1 N–H and O–H groups in total. The summed E-state index contributed by atoms with van der Waals surface area (Å²) in [6, 6.07) is 7.15. The van der Waals surface area contributed by atoms with Crippen LogP contribution in [0.3, 0.4) is 0 Å². The van der Waals surface area contributed by atoms with E-state index >= 15 is 0 Å². The van der Waals surface area contributed by atoms with Crippen molar-refractivity contribution in [2.45, 2.75) is 44.2 Å². The highest BCUT2D eigenvalue weighted by atomic mass is 16.5. The van der Waals surface area contributed by atoms with Crippen molar-refractivity contribution in [2.75, 3.05) is 13.7 Å². The van der Waals surface area contributed by atoms with E-state index < -0.39 is 0 Å².